The van der Waals surface area contributed by atoms with Gasteiger partial charge in [-0.1, -0.05) is 12.2 Å². The van der Waals surface area contributed by atoms with Crippen LogP contribution in [0.5, 0.6) is 0 Å². The van der Waals surface area contributed by atoms with Crippen LogP contribution in [0.1, 0.15) is 12.8 Å². The smallest absolute Gasteiger partial charge is 0.354 e. The minimum atomic E-state index is -5.60. The number of aliphatic hydroxyl groups is 1. The Morgan fingerprint density at radius 1 is 1.16 bits per heavy atom. The van der Waals surface area contributed by atoms with Gasteiger partial charge in [0.15, 0.2) is 6.79 Å². The molecule has 4 unspecified atom stereocenters. The fourth-order valence-corrected chi connectivity index (χ4v) is 3.29. The quantitative estimate of drug-likeness (QED) is 0.548. The van der Waals surface area contributed by atoms with Crippen LogP contribution in [0.4, 0.5) is 22.0 Å². The van der Waals surface area contributed by atoms with Gasteiger partial charge < -0.3 is 14.6 Å². The molecule has 8 heteroatoms. The molecule has 1 aliphatic heterocycles. The third-order valence-electron chi connectivity index (χ3n) is 4.26. The van der Waals surface area contributed by atoms with Crippen molar-refractivity contribution in [3.8, 4) is 0 Å². The van der Waals surface area contributed by atoms with Gasteiger partial charge >= 0.3 is 17.9 Å². The third-order valence-corrected chi connectivity index (χ3v) is 4.26. The van der Waals surface area contributed by atoms with Gasteiger partial charge in [-0.05, 0) is 18.8 Å². The van der Waals surface area contributed by atoms with Crippen molar-refractivity contribution in [1.29, 1.82) is 0 Å². The first kappa shape index (κ1) is 13.3. The molecule has 0 aromatic heterocycles. The Hall–Kier alpha value is -0.730. The lowest BCUT2D eigenvalue weighted by atomic mass is 9.77. The van der Waals surface area contributed by atoms with E-state index in [1.54, 1.807) is 6.08 Å². The Morgan fingerprint density at radius 2 is 1.84 bits per heavy atom. The lowest BCUT2D eigenvalue weighted by Crippen LogP contribution is -2.74. The zero-order chi connectivity index (χ0) is 14.1. The highest BCUT2D eigenvalue weighted by Gasteiger charge is 2.82. The second-order valence-corrected chi connectivity index (χ2v) is 5.20. The van der Waals surface area contributed by atoms with Gasteiger partial charge in [0, 0.05) is 5.92 Å². The predicted molar refractivity (Wildman–Crippen MR) is 51.1 cm³/mol. The lowest BCUT2D eigenvalue weighted by Gasteiger charge is -2.51. The molecule has 3 nitrogen and oxygen atoms in total. The van der Waals surface area contributed by atoms with E-state index in [1.165, 1.54) is 6.08 Å². The topological polar surface area (TPSA) is 38.7 Å². The third kappa shape index (κ3) is 1.37. The van der Waals surface area contributed by atoms with Crippen LogP contribution in [0.2, 0.25) is 0 Å². The van der Waals surface area contributed by atoms with Crippen LogP contribution in [0.15, 0.2) is 12.2 Å². The zero-order valence-electron chi connectivity index (χ0n) is 9.58. The number of fused-ring (bicyclic) bond motifs is 3. The number of hydrogen-bond donors (Lipinski definition) is 1. The van der Waals surface area contributed by atoms with Crippen molar-refractivity contribution in [1.82, 2.24) is 0 Å². The number of halogens is 5. The van der Waals surface area contributed by atoms with E-state index in [4.69, 9.17) is 4.74 Å². The van der Waals surface area contributed by atoms with Crippen molar-refractivity contribution in [2.75, 3.05) is 6.79 Å². The second kappa shape index (κ2) is 3.48. The minimum Gasteiger partial charge on any atom is -0.354 e. The lowest BCUT2D eigenvalue weighted by molar-refractivity contribution is -0.504. The molecular weight excluding hydrogens is 275 g/mol. The molecule has 2 fully saturated rings. The molecule has 0 aromatic rings. The summed E-state index contributed by atoms with van der Waals surface area (Å²) in [7, 11) is 0. The highest BCUT2D eigenvalue weighted by Crippen LogP contribution is 2.62. The van der Waals surface area contributed by atoms with E-state index in [2.05, 4.69) is 4.74 Å². The summed E-state index contributed by atoms with van der Waals surface area (Å²) in [5, 5.41) is 9.39. The number of allylic oxidation sites excluding steroid dienone is 1. The minimum absolute atomic E-state index is 0.244. The van der Waals surface area contributed by atoms with Gasteiger partial charge in [-0.15, -0.1) is 0 Å². The molecule has 1 saturated carbocycles. The SMILES string of the molecule is OC1(C(F)(F)F)OCOC2(CC3C=CC2C3)C1(F)F. The van der Waals surface area contributed by atoms with Crippen LogP contribution in [0, 0.1) is 11.8 Å². The fourth-order valence-electron chi connectivity index (χ4n) is 3.29. The summed E-state index contributed by atoms with van der Waals surface area (Å²) in [5.74, 6) is -10.2. The van der Waals surface area contributed by atoms with Crippen LogP contribution in [0.25, 0.3) is 0 Å². The van der Waals surface area contributed by atoms with Crippen molar-refractivity contribution in [3.05, 3.63) is 12.2 Å². The Bertz CT molecular complexity index is 435. The normalized spacial score (nSPS) is 48.1. The molecule has 4 atom stereocenters. The molecule has 1 saturated heterocycles. The van der Waals surface area contributed by atoms with Crippen molar-refractivity contribution < 1.29 is 36.5 Å². The molecule has 1 spiro atoms. The van der Waals surface area contributed by atoms with Gasteiger partial charge in [0.2, 0.25) is 0 Å². The first-order valence-corrected chi connectivity index (χ1v) is 5.77. The maximum absolute atomic E-state index is 14.3. The van der Waals surface area contributed by atoms with Gasteiger partial charge in [-0.2, -0.15) is 22.0 Å². The summed E-state index contributed by atoms with van der Waals surface area (Å²) in [5.41, 5.74) is -2.34. The van der Waals surface area contributed by atoms with E-state index in [9.17, 15) is 27.1 Å². The molecule has 2 aliphatic carbocycles. The van der Waals surface area contributed by atoms with Crippen molar-refractivity contribution >= 4 is 0 Å². The van der Waals surface area contributed by atoms with E-state index >= 15 is 0 Å². The monoisotopic (exact) mass is 286 g/mol. The second-order valence-electron chi connectivity index (χ2n) is 5.20. The van der Waals surface area contributed by atoms with Crippen LogP contribution >= 0.6 is 0 Å². The van der Waals surface area contributed by atoms with E-state index in [1.807, 2.05) is 0 Å². The average Bonchev–Trinajstić information content (AvgIpc) is 2.85. The molecule has 1 heterocycles. The Balaban J connectivity index is 2.07. The van der Waals surface area contributed by atoms with E-state index in [0.717, 1.165) is 0 Å². The Kier molecular flexibility index (Phi) is 2.43. The van der Waals surface area contributed by atoms with Crippen LogP contribution < -0.4 is 0 Å². The Labute approximate surface area is 105 Å². The van der Waals surface area contributed by atoms with Gasteiger partial charge in [-0.3, -0.25) is 0 Å². The summed E-state index contributed by atoms with van der Waals surface area (Å²) < 4.78 is 75.7. The number of rotatable bonds is 0. The molecule has 19 heavy (non-hydrogen) atoms. The first-order chi connectivity index (χ1) is 8.64. The van der Waals surface area contributed by atoms with Crippen molar-refractivity contribution in [2.24, 2.45) is 11.8 Å². The molecule has 0 radical (unpaired) electrons. The maximum Gasteiger partial charge on any atom is 0.449 e. The van der Waals surface area contributed by atoms with Crippen LogP contribution in [-0.4, -0.2) is 35.4 Å². The maximum atomic E-state index is 14.3. The van der Waals surface area contributed by atoms with E-state index < -0.39 is 36.2 Å². The summed E-state index contributed by atoms with van der Waals surface area (Å²) in [6.07, 6.45) is -2.41. The molecule has 0 amide bonds. The molecule has 108 valence electrons. The van der Waals surface area contributed by atoms with Crippen LogP contribution in [0.3, 0.4) is 0 Å². The standard InChI is InChI=1S/C11H11F5O3/c12-9(13)8(4-6-1-2-7(8)3-6)18-5-19-10(9,17)11(14,15)16/h1-2,6-7,17H,3-5H2. The predicted octanol–water partition coefficient (Wildman–Crippen LogP) is 2.21. The summed E-state index contributed by atoms with van der Waals surface area (Å²) in [4.78, 5) is 0. The van der Waals surface area contributed by atoms with Gasteiger partial charge in [-0.25, -0.2) is 0 Å². The van der Waals surface area contributed by atoms with Gasteiger partial charge in [0.05, 0.1) is 0 Å². The van der Waals surface area contributed by atoms with Gasteiger partial charge in [0.25, 0.3) is 0 Å². The summed E-state index contributed by atoms with van der Waals surface area (Å²) in [6.45, 7) is -1.01. The first-order valence-electron chi connectivity index (χ1n) is 5.77. The largest absolute Gasteiger partial charge is 0.449 e. The molecule has 1 N–H and O–H groups in total. The Morgan fingerprint density at radius 3 is 2.32 bits per heavy atom. The molecular formula is C11H11F5O3. The number of hydrogen-bond acceptors (Lipinski definition) is 3. The van der Waals surface area contributed by atoms with E-state index in [0.29, 0.717) is 6.42 Å². The fraction of sp³-hybridized carbons (Fsp3) is 0.818. The average molecular weight is 286 g/mol. The van der Waals surface area contributed by atoms with Crippen molar-refractivity contribution in [3.63, 3.8) is 0 Å². The summed E-state index contributed by atoms with van der Waals surface area (Å²) >= 11 is 0. The highest BCUT2D eigenvalue weighted by molar-refractivity contribution is 5.24. The molecule has 3 rings (SSSR count). The van der Waals surface area contributed by atoms with Gasteiger partial charge in [0.1, 0.15) is 5.60 Å². The zero-order valence-corrected chi connectivity index (χ0v) is 9.58. The summed E-state index contributed by atoms with van der Waals surface area (Å²) in [6, 6.07) is 0. The number of alkyl halides is 5. The number of ether oxygens (including phenoxy) is 2. The molecule has 3 aliphatic rings. The van der Waals surface area contributed by atoms with E-state index in [-0.39, 0.29) is 12.3 Å². The molecule has 2 bridgehead atoms. The molecule has 0 aromatic carbocycles. The highest BCUT2D eigenvalue weighted by atomic mass is 19.4. The van der Waals surface area contributed by atoms with Crippen LogP contribution in [-0.2, 0) is 9.47 Å². The van der Waals surface area contributed by atoms with Crippen molar-refractivity contribution in [2.45, 2.75) is 36.3 Å².